The minimum atomic E-state index is 0.501. The van der Waals surface area contributed by atoms with Gasteiger partial charge in [-0.05, 0) is 60.7 Å². The van der Waals surface area contributed by atoms with Gasteiger partial charge in [-0.15, -0.1) is 0 Å². The molecule has 140 valence electrons. The summed E-state index contributed by atoms with van der Waals surface area (Å²) in [6.07, 6.45) is 4.14. The molecule has 5 nitrogen and oxygen atoms in total. The number of hydrogen-bond acceptors (Lipinski definition) is 6. The van der Waals surface area contributed by atoms with Crippen LogP contribution >= 0.6 is 12.6 Å². The van der Waals surface area contributed by atoms with E-state index in [0.717, 1.165) is 22.5 Å². The van der Waals surface area contributed by atoms with Gasteiger partial charge in [-0.2, -0.15) is 17.9 Å². The van der Waals surface area contributed by atoms with E-state index in [-0.39, 0.29) is 0 Å². The summed E-state index contributed by atoms with van der Waals surface area (Å²) in [4.78, 5) is 8.89. The molecule has 0 unspecified atom stereocenters. The molecular weight excluding hydrogens is 368 g/mol. The van der Waals surface area contributed by atoms with E-state index in [1.165, 1.54) is 12.8 Å². The smallest absolute Gasteiger partial charge is 0.227 e. The van der Waals surface area contributed by atoms with Crippen molar-refractivity contribution in [3.8, 4) is 23.1 Å². The summed E-state index contributed by atoms with van der Waals surface area (Å²) in [6, 6.07) is 17.6. The summed E-state index contributed by atoms with van der Waals surface area (Å²) in [5.41, 5.74) is 4.14. The minimum absolute atomic E-state index is 0.501. The van der Waals surface area contributed by atoms with Gasteiger partial charge in [0.25, 0.3) is 0 Å². The van der Waals surface area contributed by atoms with E-state index in [9.17, 15) is 5.26 Å². The molecule has 3 aromatic rings. The summed E-state index contributed by atoms with van der Waals surface area (Å²) >= 11 is 4.31. The van der Waals surface area contributed by atoms with Crippen molar-refractivity contribution in [2.75, 3.05) is 11.9 Å². The highest BCUT2D eigenvalue weighted by molar-refractivity contribution is 7.79. The third-order valence-corrected chi connectivity index (χ3v) is 4.95. The molecule has 1 fully saturated rings. The van der Waals surface area contributed by atoms with Crippen molar-refractivity contribution in [2.45, 2.75) is 18.6 Å². The van der Waals surface area contributed by atoms with Gasteiger partial charge in [-0.25, -0.2) is 9.97 Å². The van der Waals surface area contributed by atoms with Crippen LogP contribution in [-0.2, 0) is 5.75 Å². The topological polar surface area (TPSA) is 70.8 Å². The van der Waals surface area contributed by atoms with E-state index in [2.05, 4.69) is 34.0 Å². The number of ether oxygens (including phenoxy) is 1. The molecule has 0 spiro atoms. The van der Waals surface area contributed by atoms with Crippen LogP contribution in [0.3, 0.4) is 0 Å². The predicted octanol–water partition coefficient (Wildman–Crippen LogP) is 4.98. The maximum Gasteiger partial charge on any atom is 0.227 e. The summed E-state index contributed by atoms with van der Waals surface area (Å²) < 4.78 is 5.79. The van der Waals surface area contributed by atoms with Crippen LogP contribution in [0, 0.1) is 17.2 Å². The molecule has 4 rings (SSSR count). The first kappa shape index (κ1) is 18.3. The molecule has 6 heteroatoms. The average Bonchev–Trinajstić information content (AvgIpc) is 3.57. The largest absolute Gasteiger partial charge is 0.492 e. The molecule has 0 atom stereocenters. The zero-order valence-electron chi connectivity index (χ0n) is 15.3. The standard InChI is InChI=1S/C22H20N4OS/c23-12-18-11-17(6-7-21(18)27-13-15-4-5-15)20-8-9-24-22(26-20)25-19-3-1-2-16(10-19)14-28/h1-3,6-11,15,28H,4-5,13-14H2,(H,24,25,26). The highest BCUT2D eigenvalue weighted by Gasteiger charge is 2.22. The summed E-state index contributed by atoms with van der Waals surface area (Å²) in [5, 5.41) is 12.7. The van der Waals surface area contributed by atoms with Gasteiger partial charge in [0.15, 0.2) is 0 Å². The summed E-state index contributed by atoms with van der Waals surface area (Å²) in [6.45, 7) is 0.681. The molecule has 1 aromatic heterocycles. The number of nitrogens with zero attached hydrogens (tertiary/aromatic N) is 3. The SMILES string of the molecule is N#Cc1cc(-c2ccnc(Nc3cccc(CS)c3)n2)ccc1OCC1CC1. The Hall–Kier alpha value is -3.04. The van der Waals surface area contributed by atoms with Crippen molar-refractivity contribution in [3.05, 3.63) is 65.9 Å². The Bertz CT molecular complexity index is 1030. The van der Waals surface area contributed by atoms with Gasteiger partial charge in [0, 0.05) is 23.2 Å². The molecule has 1 aliphatic rings. The second kappa shape index (κ2) is 8.32. The van der Waals surface area contributed by atoms with Crippen molar-refractivity contribution >= 4 is 24.3 Å². The maximum absolute atomic E-state index is 9.49. The van der Waals surface area contributed by atoms with Crippen LogP contribution in [0.15, 0.2) is 54.7 Å². The minimum Gasteiger partial charge on any atom is -0.492 e. The second-order valence-corrected chi connectivity index (χ2v) is 7.14. The Balaban J connectivity index is 1.55. The van der Waals surface area contributed by atoms with E-state index in [4.69, 9.17) is 4.74 Å². The fraction of sp³-hybridized carbons (Fsp3) is 0.227. The first-order valence-electron chi connectivity index (χ1n) is 9.22. The number of thiol groups is 1. The van der Waals surface area contributed by atoms with E-state index >= 15 is 0 Å². The normalized spacial score (nSPS) is 13.0. The predicted molar refractivity (Wildman–Crippen MR) is 113 cm³/mol. The number of hydrogen-bond donors (Lipinski definition) is 2. The summed E-state index contributed by atoms with van der Waals surface area (Å²) in [5.74, 6) is 2.45. The number of rotatable bonds is 7. The fourth-order valence-corrected chi connectivity index (χ4v) is 3.05. The van der Waals surface area contributed by atoms with Crippen molar-refractivity contribution in [3.63, 3.8) is 0 Å². The van der Waals surface area contributed by atoms with Gasteiger partial charge in [0.05, 0.1) is 17.9 Å². The molecular formula is C22H20N4OS. The molecule has 1 N–H and O–H groups in total. The van der Waals surface area contributed by atoms with E-state index in [1.54, 1.807) is 6.20 Å². The number of benzene rings is 2. The van der Waals surface area contributed by atoms with Crippen LogP contribution in [0.2, 0.25) is 0 Å². The monoisotopic (exact) mass is 388 g/mol. The lowest BCUT2D eigenvalue weighted by Crippen LogP contribution is -2.01. The first-order valence-corrected chi connectivity index (χ1v) is 9.85. The lowest BCUT2D eigenvalue weighted by molar-refractivity contribution is 0.299. The third kappa shape index (κ3) is 4.44. The molecule has 1 saturated carbocycles. The lowest BCUT2D eigenvalue weighted by Gasteiger charge is -2.10. The van der Waals surface area contributed by atoms with Crippen molar-refractivity contribution in [2.24, 2.45) is 5.92 Å². The van der Waals surface area contributed by atoms with Gasteiger partial charge < -0.3 is 10.1 Å². The number of aromatic nitrogens is 2. The number of anilines is 2. The Morgan fingerprint density at radius 1 is 1.18 bits per heavy atom. The highest BCUT2D eigenvalue weighted by Crippen LogP contribution is 2.31. The zero-order chi connectivity index (χ0) is 19.3. The van der Waals surface area contributed by atoms with E-state index < -0.39 is 0 Å². The van der Waals surface area contributed by atoms with Gasteiger partial charge >= 0.3 is 0 Å². The molecule has 1 heterocycles. The van der Waals surface area contributed by atoms with Crippen LogP contribution in [0.25, 0.3) is 11.3 Å². The van der Waals surface area contributed by atoms with Crippen LogP contribution in [0.5, 0.6) is 5.75 Å². The molecule has 0 aliphatic heterocycles. The Morgan fingerprint density at radius 2 is 2.07 bits per heavy atom. The first-order chi connectivity index (χ1) is 13.7. The molecule has 0 bridgehead atoms. The highest BCUT2D eigenvalue weighted by atomic mass is 32.1. The van der Waals surface area contributed by atoms with Crippen molar-refractivity contribution in [1.82, 2.24) is 9.97 Å². The van der Waals surface area contributed by atoms with Crippen LogP contribution < -0.4 is 10.1 Å². The molecule has 0 radical (unpaired) electrons. The van der Waals surface area contributed by atoms with E-state index in [0.29, 0.717) is 35.5 Å². The van der Waals surface area contributed by atoms with Crippen LogP contribution in [-0.4, -0.2) is 16.6 Å². The molecule has 0 saturated heterocycles. The second-order valence-electron chi connectivity index (χ2n) is 6.83. The van der Waals surface area contributed by atoms with Gasteiger partial charge in [0.1, 0.15) is 11.8 Å². The maximum atomic E-state index is 9.49. The Labute approximate surface area is 169 Å². The average molecular weight is 388 g/mol. The number of nitriles is 1. The van der Waals surface area contributed by atoms with E-state index in [1.807, 2.05) is 48.5 Å². The molecule has 2 aromatic carbocycles. The fourth-order valence-electron chi connectivity index (χ4n) is 2.85. The van der Waals surface area contributed by atoms with Crippen LogP contribution in [0.4, 0.5) is 11.6 Å². The summed E-state index contributed by atoms with van der Waals surface area (Å²) in [7, 11) is 0. The third-order valence-electron chi connectivity index (χ3n) is 4.59. The Morgan fingerprint density at radius 3 is 2.86 bits per heavy atom. The van der Waals surface area contributed by atoms with Crippen molar-refractivity contribution < 1.29 is 4.74 Å². The molecule has 28 heavy (non-hydrogen) atoms. The van der Waals surface area contributed by atoms with Crippen LogP contribution in [0.1, 0.15) is 24.0 Å². The Kier molecular flexibility index (Phi) is 5.45. The quantitative estimate of drug-likeness (QED) is 0.559. The van der Waals surface area contributed by atoms with Gasteiger partial charge in [-0.1, -0.05) is 12.1 Å². The number of nitrogens with one attached hydrogen (secondary N) is 1. The van der Waals surface area contributed by atoms with Crippen molar-refractivity contribution in [1.29, 1.82) is 5.26 Å². The van der Waals surface area contributed by atoms with Gasteiger partial charge in [-0.3, -0.25) is 0 Å². The molecule has 0 amide bonds. The lowest BCUT2D eigenvalue weighted by atomic mass is 10.1. The molecule has 1 aliphatic carbocycles. The van der Waals surface area contributed by atoms with Gasteiger partial charge in [0.2, 0.25) is 5.95 Å². The zero-order valence-corrected chi connectivity index (χ0v) is 16.2.